The van der Waals surface area contributed by atoms with Crippen LogP contribution < -0.4 is 9.80 Å². The lowest BCUT2D eigenvalue weighted by molar-refractivity contribution is 1.32. The first-order chi connectivity index (χ1) is 39.7. The van der Waals surface area contributed by atoms with Crippen molar-refractivity contribution < 1.29 is 0 Å². The molecular weight excluding hydrogens is 965 g/mol. The van der Waals surface area contributed by atoms with Gasteiger partial charge in [0.25, 0.3) is 0 Å². The van der Waals surface area contributed by atoms with Crippen LogP contribution in [-0.4, -0.2) is 0 Å². The Hall–Kier alpha value is -10.5. The van der Waals surface area contributed by atoms with Crippen LogP contribution in [0.3, 0.4) is 0 Å². The fraction of sp³-hybridized carbons (Fsp3) is 0. The summed E-state index contributed by atoms with van der Waals surface area (Å²) in [6.45, 7) is 0. The smallest absolute Gasteiger partial charge is 0.0540 e. The van der Waals surface area contributed by atoms with Gasteiger partial charge in [-0.2, -0.15) is 0 Å². The van der Waals surface area contributed by atoms with E-state index in [2.05, 4.69) is 313 Å². The van der Waals surface area contributed by atoms with E-state index in [0.717, 1.165) is 34.1 Å². The molecule has 0 unspecified atom stereocenters. The fourth-order valence-electron chi connectivity index (χ4n) is 13.0. The van der Waals surface area contributed by atoms with Crippen LogP contribution in [-0.2, 0) is 0 Å². The summed E-state index contributed by atoms with van der Waals surface area (Å²) in [7, 11) is 0. The number of hydrogen-bond acceptors (Lipinski definition) is 2. The highest BCUT2D eigenvalue weighted by atomic mass is 15.2. The summed E-state index contributed by atoms with van der Waals surface area (Å²) in [5.74, 6) is 0. The zero-order valence-electron chi connectivity index (χ0n) is 43.8. The summed E-state index contributed by atoms with van der Waals surface area (Å²) in [4.78, 5) is 4.99. The number of nitrogens with zero attached hydrogens (tertiary/aromatic N) is 2. The van der Waals surface area contributed by atoms with Gasteiger partial charge in [-0.1, -0.05) is 243 Å². The predicted molar refractivity (Wildman–Crippen MR) is 344 cm³/mol. The normalized spacial score (nSPS) is 11.8. The third-order valence-corrected chi connectivity index (χ3v) is 16.7. The van der Waals surface area contributed by atoms with Crippen LogP contribution in [0.1, 0.15) is 0 Å². The lowest BCUT2D eigenvalue weighted by Crippen LogP contribution is -2.11. The second kappa shape index (κ2) is 18.6. The van der Waals surface area contributed by atoms with Gasteiger partial charge >= 0.3 is 0 Å². The number of benzene rings is 16. The lowest BCUT2D eigenvalue weighted by Gasteiger charge is -2.30. The summed E-state index contributed by atoms with van der Waals surface area (Å²) in [6.07, 6.45) is 0. The van der Waals surface area contributed by atoms with Crippen LogP contribution in [0.2, 0.25) is 0 Å². The number of hydrogen-bond donors (Lipinski definition) is 0. The molecule has 0 fully saturated rings. The molecule has 0 radical (unpaired) electrons. The molecule has 80 heavy (non-hydrogen) atoms. The predicted octanol–water partition coefficient (Wildman–Crippen LogP) is 22.3. The molecule has 0 aliphatic carbocycles. The van der Waals surface area contributed by atoms with E-state index in [1.807, 2.05) is 0 Å². The monoisotopic (exact) mass is 1010 g/mol. The maximum atomic E-state index is 2.50. The van der Waals surface area contributed by atoms with E-state index in [1.54, 1.807) is 0 Å². The van der Waals surface area contributed by atoms with Crippen LogP contribution in [0.15, 0.2) is 303 Å². The largest absolute Gasteiger partial charge is 0.309 e. The minimum atomic E-state index is 1.08. The molecule has 0 aliphatic rings. The van der Waals surface area contributed by atoms with E-state index in [-0.39, 0.29) is 0 Å². The molecule has 16 aromatic rings. The van der Waals surface area contributed by atoms with Gasteiger partial charge in [-0.3, -0.25) is 0 Å². The van der Waals surface area contributed by atoms with Crippen molar-refractivity contribution in [1.29, 1.82) is 0 Å². The van der Waals surface area contributed by atoms with Crippen molar-refractivity contribution in [3.8, 4) is 22.3 Å². The summed E-state index contributed by atoms with van der Waals surface area (Å²) in [6, 6.07) is 113. The van der Waals surface area contributed by atoms with Crippen molar-refractivity contribution in [2.75, 3.05) is 9.80 Å². The van der Waals surface area contributed by atoms with Gasteiger partial charge in [0.1, 0.15) is 0 Å². The van der Waals surface area contributed by atoms with E-state index >= 15 is 0 Å². The Kier molecular flexibility index (Phi) is 10.6. The Morgan fingerprint density at radius 1 is 0.163 bits per heavy atom. The summed E-state index contributed by atoms with van der Waals surface area (Å²) >= 11 is 0. The number of anilines is 6. The Morgan fingerprint density at radius 3 is 0.912 bits per heavy atom. The fourth-order valence-corrected chi connectivity index (χ4v) is 13.0. The van der Waals surface area contributed by atoms with Gasteiger partial charge in [-0.15, -0.1) is 0 Å². The Balaban J connectivity index is 1.05. The Morgan fingerprint density at radius 2 is 0.463 bits per heavy atom. The van der Waals surface area contributed by atoms with E-state index in [0.29, 0.717) is 0 Å². The Bertz CT molecular complexity index is 4990. The summed E-state index contributed by atoms with van der Waals surface area (Å²) in [5, 5.41) is 21.6. The molecule has 16 aromatic carbocycles. The van der Waals surface area contributed by atoms with E-state index in [9.17, 15) is 0 Å². The van der Waals surface area contributed by atoms with Crippen LogP contribution in [0.5, 0.6) is 0 Å². The number of fused-ring (bicyclic) bond motifs is 10. The Labute approximate surface area is 463 Å². The molecule has 372 valence electrons. The quantitative estimate of drug-likeness (QED) is 0.111. The first-order valence-electron chi connectivity index (χ1n) is 27.6. The van der Waals surface area contributed by atoms with E-state index in [4.69, 9.17) is 0 Å². The van der Waals surface area contributed by atoms with Crippen LogP contribution >= 0.6 is 0 Å². The maximum absolute atomic E-state index is 2.50. The molecule has 16 rings (SSSR count). The average Bonchev–Trinajstić information content (AvgIpc) is 3.65. The standard InChI is InChI=1S/C78H50N2/c1-2-23-57-47-59(40-37-51(57)17-1)77-69-45-42-62(80(75-35-15-26-54-20-6-11-31-67(54)75)76-36-16-27-55-21-7-12-32-68(55)76)50-72(69)78(60-41-44-64-58(48-60)39-38-56-22-3-8-28-63(56)64)70-46-43-61(49-71(70)77)79(73-33-13-24-52-18-4-9-29-65(52)73)74-34-14-25-53-19-5-10-30-66(53)74/h1-50H. The third kappa shape index (κ3) is 7.42. The molecule has 0 N–H and O–H groups in total. The van der Waals surface area contributed by atoms with Crippen LogP contribution in [0, 0.1) is 0 Å². The van der Waals surface area contributed by atoms with Crippen molar-refractivity contribution in [3.63, 3.8) is 0 Å². The van der Waals surface area contributed by atoms with Gasteiger partial charge in [0, 0.05) is 32.9 Å². The molecule has 0 amide bonds. The van der Waals surface area contributed by atoms with Crippen molar-refractivity contribution in [2.45, 2.75) is 0 Å². The van der Waals surface area contributed by atoms with Gasteiger partial charge in [0.15, 0.2) is 0 Å². The molecule has 0 atom stereocenters. The van der Waals surface area contributed by atoms with Crippen molar-refractivity contribution in [2.24, 2.45) is 0 Å². The van der Waals surface area contributed by atoms with Gasteiger partial charge in [0.2, 0.25) is 0 Å². The molecule has 0 spiro atoms. The zero-order chi connectivity index (χ0) is 52.7. The highest BCUT2D eigenvalue weighted by Crippen LogP contribution is 2.51. The van der Waals surface area contributed by atoms with Gasteiger partial charge in [0.05, 0.1) is 22.7 Å². The molecular formula is C78H50N2. The zero-order valence-corrected chi connectivity index (χ0v) is 43.8. The molecule has 0 aliphatic heterocycles. The first kappa shape index (κ1) is 45.6. The summed E-state index contributed by atoms with van der Waals surface area (Å²) < 4.78 is 0. The van der Waals surface area contributed by atoms with Crippen molar-refractivity contribution >= 4 is 131 Å². The summed E-state index contributed by atoms with van der Waals surface area (Å²) in [5.41, 5.74) is 11.4. The maximum Gasteiger partial charge on any atom is 0.0540 e. The highest BCUT2D eigenvalue weighted by Gasteiger charge is 2.25. The van der Waals surface area contributed by atoms with Crippen LogP contribution in [0.25, 0.3) is 119 Å². The minimum absolute atomic E-state index is 1.08. The second-order valence-corrected chi connectivity index (χ2v) is 21.2. The topological polar surface area (TPSA) is 6.48 Å². The molecule has 0 aromatic heterocycles. The van der Waals surface area contributed by atoms with Crippen LogP contribution in [0.4, 0.5) is 34.1 Å². The average molecular weight is 1020 g/mol. The second-order valence-electron chi connectivity index (χ2n) is 21.2. The van der Waals surface area contributed by atoms with Gasteiger partial charge in [-0.25, -0.2) is 0 Å². The van der Waals surface area contributed by atoms with Crippen molar-refractivity contribution in [1.82, 2.24) is 0 Å². The SMILES string of the molecule is c1ccc2cc(-c3c4ccc(N(c5cccc6ccccc56)c5cccc6ccccc56)cc4c(-c4ccc5c(ccc6ccccc65)c4)c4ccc(N(c5cccc6ccccc56)c5cccc6ccccc56)cc34)ccc2c1. The lowest BCUT2D eigenvalue weighted by atomic mass is 9.84. The molecule has 0 saturated carbocycles. The van der Waals surface area contributed by atoms with Gasteiger partial charge < -0.3 is 9.80 Å². The van der Waals surface area contributed by atoms with E-state index in [1.165, 1.54) is 119 Å². The molecule has 2 nitrogen and oxygen atoms in total. The highest BCUT2D eigenvalue weighted by molar-refractivity contribution is 6.24. The van der Waals surface area contributed by atoms with Crippen molar-refractivity contribution in [3.05, 3.63) is 303 Å². The minimum Gasteiger partial charge on any atom is -0.309 e. The first-order valence-corrected chi connectivity index (χ1v) is 27.6. The molecule has 2 heteroatoms. The number of rotatable bonds is 8. The van der Waals surface area contributed by atoms with E-state index < -0.39 is 0 Å². The molecule has 0 heterocycles. The third-order valence-electron chi connectivity index (χ3n) is 16.7. The van der Waals surface area contributed by atoms with Gasteiger partial charge in [-0.05, 0) is 158 Å². The molecule has 0 bridgehead atoms. The molecule has 0 saturated heterocycles.